The Bertz CT molecular complexity index is 948. The number of fused-ring (bicyclic) bond motifs is 1. The molecule has 0 aliphatic rings. The van der Waals surface area contributed by atoms with E-state index in [0.29, 0.717) is 11.1 Å². The van der Waals surface area contributed by atoms with E-state index < -0.39 is 17.7 Å². The quantitative estimate of drug-likeness (QED) is 0.614. The summed E-state index contributed by atoms with van der Waals surface area (Å²) in [5.74, 6) is -1.70. The number of unbranched alkanes of at least 4 members (excludes halogenated alkanes) is 1. The largest absolute Gasteiger partial charge is 0.394 e. The van der Waals surface area contributed by atoms with Crippen molar-refractivity contribution < 1.29 is 18.7 Å². The molecule has 1 heterocycles. The maximum Gasteiger partial charge on any atom is 0.251 e. The minimum absolute atomic E-state index is 0.131. The van der Waals surface area contributed by atoms with E-state index in [0.717, 1.165) is 36.4 Å². The molecule has 1 amide bonds. The first-order chi connectivity index (χ1) is 13.5. The van der Waals surface area contributed by atoms with Crippen LogP contribution in [0.4, 0.5) is 8.78 Å². The number of carbonyl (C=O) groups is 1. The van der Waals surface area contributed by atoms with Crippen molar-refractivity contribution in [3.63, 3.8) is 0 Å². The Hall–Kier alpha value is -2.73. The van der Waals surface area contributed by atoms with Gasteiger partial charge in [-0.15, -0.1) is 0 Å². The topological polar surface area (TPSA) is 54.3 Å². The van der Waals surface area contributed by atoms with Crippen LogP contribution in [0.2, 0.25) is 0 Å². The normalized spacial score (nSPS) is 12.3. The van der Waals surface area contributed by atoms with Crippen molar-refractivity contribution >= 4 is 16.8 Å². The van der Waals surface area contributed by atoms with Gasteiger partial charge >= 0.3 is 0 Å². The number of nitrogens with one attached hydrogen (secondary N) is 1. The van der Waals surface area contributed by atoms with Crippen molar-refractivity contribution in [2.45, 2.75) is 38.8 Å². The van der Waals surface area contributed by atoms with Crippen LogP contribution in [0, 0.1) is 11.6 Å². The fourth-order valence-electron chi connectivity index (χ4n) is 3.29. The fraction of sp³-hybridized carbons (Fsp3) is 0.318. The highest BCUT2D eigenvalue weighted by atomic mass is 19.1. The Balaban J connectivity index is 1.74. The van der Waals surface area contributed by atoms with Crippen LogP contribution in [0.5, 0.6) is 0 Å². The second-order valence-electron chi connectivity index (χ2n) is 6.97. The van der Waals surface area contributed by atoms with Crippen molar-refractivity contribution in [2.24, 2.45) is 0 Å². The first-order valence-electron chi connectivity index (χ1n) is 9.45. The van der Waals surface area contributed by atoms with E-state index in [1.54, 1.807) is 6.07 Å². The minimum atomic E-state index is -0.684. The number of benzene rings is 2. The standard InChI is InChI=1S/C22H24F2N2O2/c1-2-3-7-26-8-6-16-4-5-17(12-21(16)26)22(28)25-20(14-27)11-15-9-18(23)13-19(24)10-15/h4-6,8-10,12-13,20,27H,2-3,7,11,14H2,1H3,(H,25,28). The number of rotatable bonds is 8. The van der Waals surface area contributed by atoms with Crippen LogP contribution in [-0.4, -0.2) is 28.2 Å². The number of aryl methyl sites for hydroxylation is 1. The van der Waals surface area contributed by atoms with E-state index in [1.807, 2.05) is 24.4 Å². The molecule has 0 aliphatic heterocycles. The predicted octanol–water partition coefficient (Wildman–Crippen LogP) is 4.05. The van der Waals surface area contributed by atoms with Gasteiger partial charge in [-0.2, -0.15) is 0 Å². The van der Waals surface area contributed by atoms with Crippen LogP contribution < -0.4 is 5.32 Å². The van der Waals surface area contributed by atoms with E-state index in [4.69, 9.17) is 0 Å². The highest BCUT2D eigenvalue weighted by Gasteiger charge is 2.16. The zero-order chi connectivity index (χ0) is 20.1. The molecule has 1 unspecified atom stereocenters. The third kappa shape index (κ3) is 4.75. The summed E-state index contributed by atoms with van der Waals surface area (Å²) in [6.07, 6.45) is 4.28. The molecule has 0 saturated carbocycles. The molecule has 3 aromatic rings. The smallest absolute Gasteiger partial charge is 0.251 e. The van der Waals surface area contributed by atoms with Gasteiger partial charge in [-0.25, -0.2) is 8.78 Å². The number of hydrogen-bond donors (Lipinski definition) is 2. The SMILES string of the molecule is CCCCn1ccc2ccc(C(=O)NC(CO)Cc3cc(F)cc(F)c3)cc21. The Kier molecular flexibility index (Phi) is 6.41. The maximum absolute atomic E-state index is 13.4. The third-order valence-corrected chi connectivity index (χ3v) is 4.75. The summed E-state index contributed by atoms with van der Waals surface area (Å²) in [6.45, 7) is 2.68. The lowest BCUT2D eigenvalue weighted by Gasteiger charge is -2.17. The Morgan fingerprint density at radius 1 is 1.14 bits per heavy atom. The summed E-state index contributed by atoms with van der Waals surface area (Å²) in [6, 6.07) is 10.0. The molecule has 3 rings (SSSR count). The summed E-state index contributed by atoms with van der Waals surface area (Å²) in [7, 11) is 0. The van der Waals surface area contributed by atoms with E-state index in [2.05, 4.69) is 16.8 Å². The molecule has 0 saturated heterocycles. The highest BCUT2D eigenvalue weighted by molar-refractivity contribution is 5.98. The monoisotopic (exact) mass is 386 g/mol. The molecular formula is C22H24F2N2O2. The Morgan fingerprint density at radius 2 is 1.89 bits per heavy atom. The fourth-order valence-corrected chi connectivity index (χ4v) is 3.29. The van der Waals surface area contributed by atoms with Gasteiger partial charge in [0.1, 0.15) is 11.6 Å². The molecule has 28 heavy (non-hydrogen) atoms. The van der Waals surface area contributed by atoms with Gasteiger partial charge in [0.25, 0.3) is 5.91 Å². The molecule has 148 valence electrons. The van der Waals surface area contributed by atoms with Crippen LogP contribution >= 0.6 is 0 Å². The number of aliphatic hydroxyl groups is 1. The molecule has 2 aromatic carbocycles. The molecule has 2 N–H and O–H groups in total. The average molecular weight is 386 g/mol. The van der Waals surface area contributed by atoms with Gasteiger partial charge < -0.3 is 15.0 Å². The van der Waals surface area contributed by atoms with Crippen molar-refractivity contribution in [1.29, 1.82) is 0 Å². The second kappa shape index (κ2) is 8.97. The molecule has 6 heteroatoms. The van der Waals surface area contributed by atoms with Crippen LogP contribution in [0.25, 0.3) is 10.9 Å². The number of amides is 1. The molecule has 0 spiro atoms. The summed E-state index contributed by atoms with van der Waals surface area (Å²) in [4.78, 5) is 12.6. The van der Waals surface area contributed by atoms with Crippen LogP contribution in [0.15, 0.2) is 48.7 Å². The van der Waals surface area contributed by atoms with Gasteiger partial charge in [0.15, 0.2) is 0 Å². The molecule has 4 nitrogen and oxygen atoms in total. The van der Waals surface area contributed by atoms with Gasteiger partial charge in [-0.05, 0) is 54.1 Å². The number of hydrogen-bond acceptors (Lipinski definition) is 2. The molecular weight excluding hydrogens is 362 g/mol. The number of aliphatic hydroxyl groups excluding tert-OH is 1. The van der Waals surface area contributed by atoms with Crippen molar-refractivity contribution in [1.82, 2.24) is 9.88 Å². The molecule has 0 radical (unpaired) electrons. The molecule has 0 bridgehead atoms. The van der Waals surface area contributed by atoms with E-state index in [1.165, 1.54) is 12.1 Å². The molecule has 0 aliphatic carbocycles. The first-order valence-corrected chi connectivity index (χ1v) is 9.45. The van der Waals surface area contributed by atoms with Crippen LogP contribution in [0.3, 0.4) is 0 Å². The molecule has 1 aromatic heterocycles. The lowest BCUT2D eigenvalue weighted by Crippen LogP contribution is -2.39. The number of nitrogens with zero attached hydrogens (tertiary/aromatic N) is 1. The minimum Gasteiger partial charge on any atom is -0.394 e. The van der Waals surface area contributed by atoms with E-state index >= 15 is 0 Å². The van der Waals surface area contributed by atoms with Crippen molar-refractivity contribution in [2.75, 3.05) is 6.61 Å². The summed E-state index contributed by atoms with van der Waals surface area (Å²) < 4.78 is 28.8. The van der Waals surface area contributed by atoms with Gasteiger partial charge in [0, 0.05) is 29.9 Å². The van der Waals surface area contributed by atoms with Gasteiger partial charge in [0.2, 0.25) is 0 Å². The van der Waals surface area contributed by atoms with Gasteiger partial charge in [0.05, 0.1) is 12.6 Å². The second-order valence-corrected chi connectivity index (χ2v) is 6.97. The first kappa shape index (κ1) is 20.0. The van der Waals surface area contributed by atoms with Crippen molar-refractivity contribution in [3.8, 4) is 0 Å². The maximum atomic E-state index is 13.4. The summed E-state index contributed by atoms with van der Waals surface area (Å²) >= 11 is 0. The number of halogens is 2. The zero-order valence-corrected chi connectivity index (χ0v) is 15.8. The lowest BCUT2D eigenvalue weighted by atomic mass is 10.1. The predicted molar refractivity (Wildman–Crippen MR) is 105 cm³/mol. The van der Waals surface area contributed by atoms with Crippen LogP contribution in [-0.2, 0) is 13.0 Å². The lowest BCUT2D eigenvalue weighted by molar-refractivity contribution is 0.0916. The van der Waals surface area contributed by atoms with Crippen LogP contribution in [0.1, 0.15) is 35.7 Å². The summed E-state index contributed by atoms with van der Waals surface area (Å²) in [5, 5.41) is 13.4. The van der Waals surface area contributed by atoms with E-state index in [9.17, 15) is 18.7 Å². The van der Waals surface area contributed by atoms with Gasteiger partial charge in [-0.3, -0.25) is 4.79 Å². The highest BCUT2D eigenvalue weighted by Crippen LogP contribution is 2.19. The third-order valence-electron chi connectivity index (χ3n) is 4.75. The average Bonchev–Trinajstić information content (AvgIpc) is 3.07. The molecule has 1 atom stereocenters. The number of aromatic nitrogens is 1. The van der Waals surface area contributed by atoms with E-state index in [-0.39, 0.29) is 18.9 Å². The van der Waals surface area contributed by atoms with Gasteiger partial charge in [-0.1, -0.05) is 19.4 Å². The number of carbonyl (C=O) groups excluding carboxylic acids is 1. The Morgan fingerprint density at radius 3 is 2.57 bits per heavy atom. The Labute approximate surface area is 162 Å². The van der Waals surface area contributed by atoms with Crippen molar-refractivity contribution in [3.05, 3.63) is 71.4 Å². The zero-order valence-electron chi connectivity index (χ0n) is 15.8. The molecule has 0 fully saturated rings. The summed E-state index contributed by atoms with van der Waals surface area (Å²) in [5.41, 5.74) is 1.84.